The molecule has 0 amide bonds. The van der Waals surface area contributed by atoms with E-state index in [0.29, 0.717) is 17.5 Å². The van der Waals surface area contributed by atoms with E-state index in [9.17, 15) is 0 Å². The number of fused-ring (bicyclic) bond motifs is 6. The van der Waals surface area contributed by atoms with Gasteiger partial charge in [-0.2, -0.15) is 0 Å². The molecule has 0 fully saturated rings. The van der Waals surface area contributed by atoms with Gasteiger partial charge < -0.3 is 8.98 Å². The van der Waals surface area contributed by atoms with Crippen LogP contribution in [-0.2, 0) is 10.8 Å². The van der Waals surface area contributed by atoms with E-state index in [1.807, 2.05) is 72.8 Å². The number of furan rings is 1. The number of rotatable bonds is 5. The first-order valence-electron chi connectivity index (χ1n) is 20.0. The molecule has 0 atom stereocenters. The van der Waals surface area contributed by atoms with Crippen molar-refractivity contribution in [3.05, 3.63) is 169 Å². The molecule has 7 aromatic carbocycles. The van der Waals surface area contributed by atoms with Gasteiger partial charge in [-0.1, -0.05) is 151 Å². The lowest BCUT2D eigenvalue weighted by Gasteiger charge is -2.26. The summed E-state index contributed by atoms with van der Waals surface area (Å²) in [4.78, 5) is 15.1. The number of nitrogens with zero attached hydrogens (tertiary/aromatic N) is 4. The molecule has 0 aliphatic carbocycles. The third-order valence-corrected chi connectivity index (χ3v) is 11.3. The predicted molar refractivity (Wildman–Crippen MR) is 241 cm³/mol. The van der Waals surface area contributed by atoms with Gasteiger partial charge in [0, 0.05) is 43.9 Å². The van der Waals surface area contributed by atoms with E-state index >= 15 is 0 Å². The first-order valence-corrected chi connectivity index (χ1v) is 20.0. The van der Waals surface area contributed by atoms with Crippen LogP contribution in [0.4, 0.5) is 0 Å². The lowest BCUT2D eigenvalue weighted by molar-refractivity contribution is 0.568. The fourth-order valence-electron chi connectivity index (χ4n) is 8.16. The molecule has 0 aliphatic heterocycles. The van der Waals surface area contributed by atoms with Gasteiger partial charge in [-0.25, -0.2) is 15.0 Å². The van der Waals surface area contributed by atoms with Crippen molar-refractivity contribution >= 4 is 43.7 Å². The Hall–Kier alpha value is -6.85. The van der Waals surface area contributed by atoms with Crippen LogP contribution in [0.2, 0.25) is 0 Å². The summed E-state index contributed by atoms with van der Waals surface area (Å²) in [6.07, 6.45) is 0. The third-order valence-electron chi connectivity index (χ3n) is 11.3. The molecule has 0 bridgehead atoms. The number of aromatic nitrogens is 4. The van der Waals surface area contributed by atoms with Crippen molar-refractivity contribution in [2.45, 2.75) is 52.4 Å². The Morgan fingerprint density at radius 2 is 0.966 bits per heavy atom. The molecular weight excluding hydrogens is 709 g/mol. The summed E-state index contributed by atoms with van der Waals surface area (Å²) in [5.74, 6) is 1.86. The molecule has 0 unspecified atom stereocenters. The van der Waals surface area contributed by atoms with Crippen LogP contribution in [0.5, 0.6) is 0 Å². The smallest absolute Gasteiger partial charge is 0.164 e. The summed E-state index contributed by atoms with van der Waals surface area (Å²) in [5, 5.41) is 4.45. The van der Waals surface area contributed by atoms with E-state index in [2.05, 4.69) is 131 Å². The lowest BCUT2D eigenvalue weighted by atomic mass is 9.80. The highest BCUT2D eigenvalue weighted by Gasteiger charge is 2.23. The van der Waals surface area contributed by atoms with Gasteiger partial charge in [-0.3, -0.25) is 0 Å². The number of hydrogen-bond acceptors (Lipinski definition) is 4. The summed E-state index contributed by atoms with van der Waals surface area (Å²) in [6, 6.07) is 55.6. The highest BCUT2D eigenvalue weighted by molar-refractivity contribution is 6.14. The zero-order valence-corrected chi connectivity index (χ0v) is 33.7. The molecule has 5 nitrogen and oxygen atoms in total. The van der Waals surface area contributed by atoms with Crippen LogP contribution in [0.1, 0.15) is 52.7 Å². The number of benzene rings is 7. The Kier molecular flexibility index (Phi) is 8.20. The summed E-state index contributed by atoms with van der Waals surface area (Å²) >= 11 is 0. The Bertz CT molecular complexity index is 3090. The fourth-order valence-corrected chi connectivity index (χ4v) is 8.16. The molecule has 3 aromatic heterocycles. The molecule has 282 valence electrons. The van der Waals surface area contributed by atoms with Crippen LogP contribution in [0.15, 0.2) is 162 Å². The van der Waals surface area contributed by atoms with Crippen molar-refractivity contribution in [3.63, 3.8) is 0 Å². The van der Waals surface area contributed by atoms with Crippen LogP contribution >= 0.6 is 0 Å². The largest absolute Gasteiger partial charge is 0.456 e. The molecule has 0 radical (unpaired) electrons. The SMILES string of the molecule is CC(C)(C)c1cc(-n2c3ccccc3c3cc(-c4ccc5oc6cccc(-c7nc(-c8ccccc8)nc(-c8ccccc8)n7)c6c5c4)ccc32)cc(C(C)(C)C)c1. The molecule has 0 aliphatic rings. The molecule has 58 heavy (non-hydrogen) atoms. The normalized spacial score (nSPS) is 12.3. The number of para-hydroxylation sites is 1. The summed E-state index contributed by atoms with van der Waals surface area (Å²) in [5.41, 5.74) is 12.9. The minimum atomic E-state index is 0.00952. The van der Waals surface area contributed by atoms with E-state index in [1.54, 1.807) is 0 Å². The number of hydrogen-bond donors (Lipinski definition) is 0. The Morgan fingerprint density at radius 1 is 0.414 bits per heavy atom. The topological polar surface area (TPSA) is 56.7 Å². The van der Waals surface area contributed by atoms with Gasteiger partial charge in [-0.05, 0) is 81.6 Å². The first-order chi connectivity index (χ1) is 28.0. The van der Waals surface area contributed by atoms with Crippen molar-refractivity contribution in [2.24, 2.45) is 0 Å². The van der Waals surface area contributed by atoms with Gasteiger partial charge in [0.1, 0.15) is 11.2 Å². The first kappa shape index (κ1) is 35.6. The zero-order valence-electron chi connectivity index (χ0n) is 33.7. The minimum Gasteiger partial charge on any atom is -0.456 e. The maximum atomic E-state index is 6.51. The minimum absolute atomic E-state index is 0.00952. The van der Waals surface area contributed by atoms with Crippen LogP contribution in [-0.4, -0.2) is 19.5 Å². The van der Waals surface area contributed by atoms with Crippen LogP contribution in [0.3, 0.4) is 0 Å². The fraction of sp³-hybridized carbons (Fsp3) is 0.151. The Morgan fingerprint density at radius 3 is 1.60 bits per heavy atom. The van der Waals surface area contributed by atoms with Gasteiger partial charge >= 0.3 is 0 Å². The van der Waals surface area contributed by atoms with Crippen LogP contribution in [0, 0.1) is 0 Å². The average molecular weight is 753 g/mol. The van der Waals surface area contributed by atoms with Gasteiger partial charge in [0.05, 0.1) is 11.0 Å². The van der Waals surface area contributed by atoms with Crippen LogP contribution in [0.25, 0.3) is 94.7 Å². The maximum Gasteiger partial charge on any atom is 0.164 e. The molecule has 0 spiro atoms. The van der Waals surface area contributed by atoms with Gasteiger partial charge in [-0.15, -0.1) is 0 Å². The zero-order chi connectivity index (χ0) is 39.8. The summed E-state index contributed by atoms with van der Waals surface area (Å²) in [7, 11) is 0. The molecule has 3 heterocycles. The van der Waals surface area contributed by atoms with E-state index in [0.717, 1.165) is 49.8 Å². The second-order valence-corrected chi connectivity index (χ2v) is 17.4. The Labute approximate surface area is 338 Å². The highest BCUT2D eigenvalue weighted by atomic mass is 16.3. The predicted octanol–water partition coefficient (Wildman–Crippen LogP) is 14.1. The van der Waals surface area contributed by atoms with E-state index in [1.165, 1.54) is 38.6 Å². The monoisotopic (exact) mass is 752 g/mol. The molecular formula is C53H44N4O. The average Bonchev–Trinajstić information content (AvgIpc) is 3.78. The molecule has 0 saturated heterocycles. The second kappa shape index (κ2) is 13.4. The molecule has 10 aromatic rings. The van der Waals surface area contributed by atoms with Crippen molar-refractivity contribution in [1.82, 2.24) is 19.5 Å². The summed E-state index contributed by atoms with van der Waals surface area (Å²) in [6.45, 7) is 13.8. The van der Waals surface area contributed by atoms with Crippen molar-refractivity contribution in [3.8, 4) is 51.0 Å². The van der Waals surface area contributed by atoms with Gasteiger partial charge in [0.2, 0.25) is 0 Å². The molecule has 0 N–H and O–H groups in total. The van der Waals surface area contributed by atoms with E-state index in [-0.39, 0.29) is 10.8 Å². The van der Waals surface area contributed by atoms with Crippen molar-refractivity contribution in [1.29, 1.82) is 0 Å². The molecule has 10 rings (SSSR count). The molecule has 5 heteroatoms. The second-order valence-electron chi connectivity index (χ2n) is 17.4. The Balaban J connectivity index is 1.14. The van der Waals surface area contributed by atoms with E-state index < -0.39 is 0 Å². The quantitative estimate of drug-likeness (QED) is 0.176. The summed E-state index contributed by atoms with van der Waals surface area (Å²) < 4.78 is 8.95. The van der Waals surface area contributed by atoms with Gasteiger partial charge in [0.25, 0.3) is 0 Å². The van der Waals surface area contributed by atoms with Crippen molar-refractivity contribution < 1.29 is 4.42 Å². The molecule has 0 saturated carbocycles. The standard InChI is InChI=1S/C53H44N4O/c1-52(2,3)37-30-38(53(4,5)6)32-39(31-37)57-44-22-14-13-20-40(44)42-28-35(24-26-45(42)57)36-25-27-46-43(29-36)48-41(21-15-23-47(48)58-46)51-55-49(33-16-9-7-10-17-33)54-50(56-51)34-18-11-8-12-19-34/h7-32H,1-6H3. The van der Waals surface area contributed by atoms with Gasteiger partial charge in [0.15, 0.2) is 17.5 Å². The highest BCUT2D eigenvalue weighted by Crippen LogP contribution is 2.41. The van der Waals surface area contributed by atoms with Crippen LogP contribution < -0.4 is 0 Å². The van der Waals surface area contributed by atoms with Crippen molar-refractivity contribution in [2.75, 3.05) is 0 Å². The third kappa shape index (κ3) is 6.15. The lowest BCUT2D eigenvalue weighted by Crippen LogP contribution is -2.17. The van der Waals surface area contributed by atoms with E-state index in [4.69, 9.17) is 19.4 Å². The maximum absolute atomic E-state index is 6.51.